The van der Waals surface area contributed by atoms with Crippen molar-refractivity contribution in [1.29, 1.82) is 0 Å². The first-order valence-corrected chi connectivity index (χ1v) is 12.2. The van der Waals surface area contributed by atoms with Crippen LogP contribution in [0.2, 0.25) is 0 Å². The number of H-pyrrole nitrogens is 1. The number of rotatable bonds is 8. The zero-order valence-electron chi connectivity index (χ0n) is 18.8. The Hall–Kier alpha value is -2.59. The van der Waals surface area contributed by atoms with E-state index in [1.54, 1.807) is 0 Å². The van der Waals surface area contributed by atoms with Crippen LogP contribution in [0.4, 0.5) is 13.2 Å². The fourth-order valence-corrected chi connectivity index (χ4v) is 5.15. The van der Waals surface area contributed by atoms with Crippen molar-refractivity contribution in [1.82, 2.24) is 9.97 Å². The van der Waals surface area contributed by atoms with Gasteiger partial charge in [-0.05, 0) is 55.9 Å². The second kappa shape index (κ2) is 10.4. The average Bonchev–Trinajstić information content (AvgIpc) is 3.37. The number of aromatic nitrogens is 2. The highest BCUT2D eigenvalue weighted by atomic mass is 32.1. The molecule has 34 heavy (non-hydrogen) atoms. The minimum Gasteiger partial charge on any atom is -0.494 e. The van der Waals surface area contributed by atoms with Crippen LogP contribution in [-0.4, -0.2) is 21.2 Å². The molecule has 1 aromatic carbocycles. The molecule has 4 rings (SSSR count). The van der Waals surface area contributed by atoms with Crippen LogP contribution in [0.1, 0.15) is 60.9 Å². The van der Waals surface area contributed by atoms with E-state index in [4.69, 9.17) is 9.15 Å². The number of hydrogen-bond acceptors (Lipinski definition) is 6. The standard InChI is InChI=1S/C24H27F3N2O4S/c1-2-19-18(28-22(33-19)15-7-9-16(10-8-15)24(25,26)27)13-32-17-5-3-4-14(12-17)6-11-20-21(30)29-23(31)34-20/h7-10,14,17,30H,2-6,11-13H2,1H3,(H,29,31)/t14-,17-/m0/s1. The topological polar surface area (TPSA) is 88.4 Å². The Morgan fingerprint density at radius 1 is 1.26 bits per heavy atom. The maximum atomic E-state index is 12.8. The van der Waals surface area contributed by atoms with E-state index in [-0.39, 0.29) is 29.4 Å². The molecule has 0 radical (unpaired) electrons. The van der Waals surface area contributed by atoms with Crippen LogP contribution in [0.5, 0.6) is 5.88 Å². The third-order valence-corrected chi connectivity index (χ3v) is 7.16. The van der Waals surface area contributed by atoms with Gasteiger partial charge in [-0.1, -0.05) is 31.1 Å². The third kappa shape index (κ3) is 5.90. The Bertz CT molecular complexity index is 1150. The molecule has 10 heteroatoms. The highest BCUT2D eigenvalue weighted by Gasteiger charge is 2.30. The lowest BCUT2D eigenvalue weighted by atomic mass is 9.84. The van der Waals surface area contributed by atoms with Gasteiger partial charge >= 0.3 is 11.0 Å². The lowest BCUT2D eigenvalue weighted by Gasteiger charge is -2.29. The van der Waals surface area contributed by atoms with Crippen LogP contribution in [0.3, 0.4) is 0 Å². The molecule has 2 atom stereocenters. The molecule has 1 saturated carbocycles. The summed E-state index contributed by atoms with van der Waals surface area (Å²) in [6.45, 7) is 2.22. The minimum atomic E-state index is -4.39. The largest absolute Gasteiger partial charge is 0.494 e. The summed E-state index contributed by atoms with van der Waals surface area (Å²) in [5, 5.41) is 9.77. The molecule has 0 bridgehead atoms. The maximum Gasteiger partial charge on any atom is 0.416 e. The molecule has 1 aliphatic carbocycles. The smallest absolute Gasteiger partial charge is 0.416 e. The molecule has 1 aliphatic rings. The summed E-state index contributed by atoms with van der Waals surface area (Å²) in [4.78, 5) is 18.7. The van der Waals surface area contributed by atoms with Crippen molar-refractivity contribution < 1.29 is 27.4 Å². The van der Waals surface area contributed by atoms with Crippen molar-refractivity contribution in [2.45, 2.75) is 70.8 Å². The zero-order valence-corrected chi connectivity index (χ0v) is 19.6. The van der Waals surface area contributed by atoms with E-state index in [9.17, 15) is 23.1 Å². The molecule has 0 saturated heterocycles. The van der Waals surface area contributed by atoms with Crippen LogP contribution >= 0.6 is 11.3 Å². The molecular formula is C24H27F3N2O4S. The van der Waals surface area contributed by atoms with Crippen molar-refractivity contribution in [2.24, 2.45) is 5.92 Å². The van der Waals surface area contributed by atoms with E-state index >= 15 is 0 Å². The second-order valence-corrected chi connectivity index (χ2v) is 9.68. The van der Waals surface area contributed by atoms with E-state index in [1.165, 1.54) is 12.1 Å². The van der Waals surface area contributed by atoms with Gasteiger partial charge in [0.2, 0.25) is 11.8 Å². The Labute approximate surface area is 198 Å². The number of alkyl halides is 3. The van der Waals surface area contributed by atoms with Gasteiger partial charge in [-0.3, -0.25) is 9.78 Å². The molecule has 6 nitrogen and oxygen atoms in total. The van der Waals surface area contributed by atoms with Crippen LogP contribution in [0.15, 0.2) is 33.5 Å². The fourth-order valence-electron chi connectivity index (χ4n) is 4.41. The van der Waals surface area contributed by atoms with Gasteiger partial charge in [0.15, 0.2) is 0 Å². The molecule has 0 unspecified atom stereocenters. The van der Waals surface area contributed by atoms with Gasteiger partial charge in [-0.2, -0.15) is 13.2 Å². The molecule has 2 aromatic heterocycles. The molecule has 3 aromatic rings. The summed E-state index contributed by atoms with van der Waals surface area (Å²) in [6, 6.07) is 4.78. The predicted molar refractivity (Wildman–Crippen MR) is 122 cm³/mol. The lowest BCUT2D eigenvalue weighted by molar-refractivity contribution is -0.137. The number of aromatic hydroxyl groups is 1. The fraction of sp³-hybridized carbons (Fsp3) is 0.500. The number of benzene rings is 1. The number of oxazole rings is 1. The van der Waals surface area contributed by atoms with Gasteiger partial charge in [0.05, 0.1) is 23.2 Å². The van der Waals surface area contributed by atoms with Crippen molar-refractivity contribution >= 4 is 11.3 Å². The van der Waals surface area contributed by atoms with Gasteiger partial charge in [-0.25, -0.2) is 4.98 Å². The summed E-state index contributed by atoms with van der Waals surface area (Å²) in [7, 11) is 0. The first-order valence-electron chi connectivity index (χ1n) is 11.4. The van der Waals surface area contributed by atoms with Gasteiger partial charge in [0.1, 0.15) is 11.5 Å². The Morgan fingerprint density at radius 2 is 2.03 bits per heavy atom. The quantitative estimate of drug-likeness (QED) is 0.394. The average molecular weight is 497 g/mol. The van der Waals surface area contributed by atoms with E-state index in [2.05, 4.69) is 9.97 Å². The molecule has 0 spiro atoms. The van der Waals surface area contributed by atoms with E-state index in [0.29, 0.717) is 40.7 Å². The summed E-state index contributed by atoms with van der Waals surface area (Å²) in [5.74, 6) is 1.37. The van der Waals surface area contributed by atoms with Gasteiger partial charge < -0.3 is 14.3 Å². The van der Waals surface area contributed by atoms with Crippen LogP contribution in [-0.2, 0) is 30.4 Å². The monoisotopic (exact) mass is 496 g/mol. The third-order valence-electron chi connectivity index (χ3n) is 6.23. The van der Waals surface area contributed by atoms with Gasteiger partial charge in [0, 0.05) is 12.0 Å². The normalized spacial score (nSPS) is 18.9. The number of thiazole rings is 1. The summed E-state index contributed by atoms with van der Waals surface area (Å²) < 4.78 is 50.4. The Kier molecular flexibility index (Phi) is 7.47. The SMILES string of the molecule is CCc1oc(-c2ccc(C(F)(F)F)cc2)nc1CO[C@H]1CCC[C@@H](CCc2sc(=O)[nH]c2O)C1. The van der Waals surface area contributed by atoms with E-state index < -0.39 is 11.7 Å². The number of aryl methyl sites for hydroxylation is 2. The number of aromatic amines is 1. The Morgan fingerprint density at radius 3 is 2.68 bits per heavy atom. The zero-order chi connectivity index (χ0) is 24.3. The highest BCUT2D eigenvalue weighted by molar-refractivity contribution is 7.09. The maximum absolute atomic E-state index is 12.8. The number of hydrogen-bond donors (Lipinski definition) is 2. The van der Waals surface area contributed by atoms with Crippen LogP contribution in [0, 0.1) is 5.92 Å². The van der Waals surface area contributed by atoms with Gasteiger partial charge in [-0.15, -0.1) is 0 Å². The summed E-state index contributed by atoms with van der Waals surface area (Å²) in [6.07, 6.45) is 1.80. The molecule has 2 N–H and O–H groups in total. The Balaban J connectivity index is 1.35. The molecule has 184 valence electrons. The first kappa shape index (κ1) is 24.5. The number of ether oxygens (including phenoxy) is 1. The molecule has 0 aliphatic heterocycles. The van der Waals surface area contributed by atoms with Crippen molar-refractivity contribution in [3.05, 3.63) is 55.8 Å². The molecule has 1 fully saturated rings. The minimum absolute atomic E-state index is 0.0272. The van der Waals surface area contributed by atoms with Crippen molar-refractivity contribution in [3.8, 4) is 17.3 Å². The molecule has 0 amide bonds. The van der Waals surface area contributed by atoms with Crippen LogP contribution < -0.4 is 4.87 Å². The second-order valence-electron chi connectivity index (χ2n) is 8.61. The van der Waals surface area contributed by atoms with Crippen molar-refractivity contribution in [3.63, 3.8) is 0 Å². The molecule has 2 heterocycles. The lowest BCUT2D eigenvalue weighted by Crippen LogP contribution is -2.23. The summed E-state index contributed by atoms with van der Waals surface area (Å²) >= 11 is 1.05. The first-order chi connectivity index (χ1) is 16.2. The van der Waals surface area contributed by atoms with E-state index in [1.807, 2.05) is 6.92 Å². The van der Waals surface area contributed by atoms with Gasteiger partial charge in [0.25, 0.3) is 0 Å². The highest BCUT2D eigenvalue weighted by Crippen LogP contribution is 2.33. The molecular weight excluding hydrogens is 469 g/mol. The summed E-state index contributed by atoms with van der Waals surface area (Å²) in [5.41, 5.74) is 0.443. The van der Waals surface area contributed by atoms with Crippen molar-refractivity contribution in [2.75, 3.05) is 0 Å². The van der Waals surface area contributed by atoms with E-state index in [0.717, 1.165) is 55.6 Å². The van der Waals surface area contributed by atoms with Crippen LogP contribution in [0.25, 0.3) is 11.5 Å². The number of halogens is 3. The number of nitrogens with one attached hydrogen (secondary N) is 1. The predicted octanol–water partition coefficient (Wildman–Crippen LogP) is 6.09. The number of nitrogens with zero attached hydrogens (tertiary/aromatic N) is 1.